The molecular weight excluding hydrogens is 373 g/mol. The van der Waals surface area contributed by atoms with Crippen molar-refractivity contribution in [3.05, 3.63) is 93.3 Å². The number of fused-ring (bicyclic) bond motifs is 2. The first-order chi connectivity index (χ1) is 13.8. The lowest BCUT2D eigenvalue weighted by Gasteiger charge is -2.24. The molecule has 1 amide bonds. The van der Waals surface area contributed by atoms with Crippen LogP contribution in [0.25, 0.3) is 21.8 Å². The Hall–Kier alpha value is -3.74. The van der Waals surface area contributed by atoms with Crippen LogP contribution in [0.1, 0.15) is 29.9 Å². The van der Waals surface area contributed by atoms with Gasteiger partial charge in [-0.15, -0.1) is 0 Å². The average molecular weight is 391 g/mol. The number of carbonyl (C=O) groups is 1. The van der Waals surface area contributed by atoms with E-state index in [0.29, 0.717) is 26.8 Å². The maximum absolute atomic E-state index is 14.7. The number of para-hydroxylation sites is 1. The van der Waals surface area contributed by atoms with Gasteiger partial charge < -0.3 is 15.5 Å². The Morgan fingerprint density at radius 2 is 1.79 bits per heavy atom. The summed E-state index contributed by atoms with van der Waals surface area (Å²) in [5, 5.41) is 15.3. The highest BCUT2D eigenvalue weighted by atomic mass is 19.1. The Kier molecular flexibility index (Phi) is 4.30. The van der Waals surface area contributed by atoms with E-state index in [1.54, 1.807) is 56.3 Å². The zero-order valence-electron chi connectivity index (χ0n) is 15.8. The van der Waals surface area contributed by atoms with E-state index in [1.165, 1.54) is 12.3 Å². The van der Waals surface area contributed by atoms with Gasteiger partial charge in [-0.2, -0.15) is 4.73 Å². The Morgan fingerprint density at radius 3 is 2.55 bits per heavy atom. The largest absolute Gasteiger partial charge is 0.618 e. The maximum Gasteiger partial charge on any atom is 0.255 e. The summed E-state index contributed by atoms with van der Waals surface area (Å²) >= 11 is 0. The quantitative estimate of drug-likeness (QED) is 0.319. The number of nitrogens with zero attached hydrogens (tertiary/aromatic N) is 1. The van der Waals surface area contributed by atoms with Crippen LogP contribution >= 0.6 is 0 Å². The highest BCUT2D eigenvalue weighted by molar-refractivity contribution is 6.00. The molecule has 7 heteroatoms. The molecule has 0 spiro atoms. The normalized spacial score (nSPS) is 11.7. The Balaban J connectivity index is 1.78. The summed E-state index contributed by atoms with van der Waals surface area (Å²) in [6.45, 7) is 3.31. The summed E-state index contributed by atoms with van der Waals surface area (Å²) in [7, 11) is 0. The molecule has 0 radical (unpaired) electrons. The molecule has 0 aliphatic rings. The predicted molar refractivity (Wildman–Crippen MR) is 108 cm³/mol. The standard InChI is InChI=1S/C22H18FN3O3/c1-22(2,19-9-5-6-10-26(19)29)25-21(28)14-12-18-15(11-16(14)23)20(27)13-7-3-4-8-17(13)24-18/h3-12H,1-2H3,(H,24,27)(H,25,28). The van der Waals surface area contributed by atoms with E-state index >= 15 is 0 Å². The second-order valence-electron chi connectivity index (χ2n) is 7.37. The number of halogens is 1. The monoisotopic (exact) mass is 391 g/mol. The zero-order valence-corrected chi connectivity index (χ0v) is 15.8. The lowest BCUT2D eigenvalue weighted by atomic mass is 9.98. The number of H-pyrrole nitrogens is 1. The molecule has 0 saturated carbocycles. The van der Waals surface area contributed by atoms with E-state index in [4.69, 9.17) is 0 Å². The molecule has 0 saturated heterocycles. The Bertz CT molecular complexity index is 1330. The molecule has 146 valence electrons. The maximum atomic E-state index is 14.7. The summed E-state index contributed by atoms with van der Waals surface area (Å²) in [6.07, 6.45) is 1.33. The highest BCUT2D eigenvalue weighted by Crippen LogP contribution is 2.21. The molecule has 4 rings (SSSR count). The van der Waals surface area contributed by atoms with Crippen molar-refractivity contribution in [1.82, 2.24) is 10.3 Å². The lowest BCUT2D eigenvalue weighted by Crippen LogP contribution is -2.49. The van der Waals surface area contributed by atoms with Crippen LogP contribution in [0.5, 0.6) is 0 Å². The van der Waals surface area contributed by atoms with Crippen molar-refractivity contribution in [2.24, 2.45) is 0 Å². The molecule has 0 unspecified atom stereocenters. The highest BCUT2D eigenvalue weighted by Gasteiger charge is 2.31. The van der Waals surface area contributed by atoms with Crippen LogP contribution in [0.3, 0.4) is 0 Å². The number of aromatic nitrogens is 2. The zero-order chi connectivity index (χ0) is 20.8. The number of aromatic amines is 1. The smallest absolute Gasteiger partial charge is 0.255 e. The minimum atomic E-state index is -1.04. The number of carbonyl (C=O) groups excluding carboxylic acids is 1. The van der Waals surface area contributed by atoms with E-state index < -0.39 is 17.3 Å². The number of benzene rings is 2. The summed E-state index contributed by atoms with van der Waals surface area (Å²) in [4.78, 5) is 28.5. The number of hydrogen-bond acceptors (Lipinski definition) is 3. The van der Waals surface area contributed by atoms with Crippen LogP contribution < -0.4 is 15.5 Å². The molecule has 0 aliphatic heterocycles. The van der Waals surface area contributed by atoms with Crippen LogP contribution in [0.15, 0.2) is 65.6 Å². The summed E-state index contributed by atoms with van der Waals surface area (Å²) in [6, 6.07) is 14.2. The first-order valence-corrected chi connectivity index (χ1v) is 9.03. The number of pyridine rings is 2. The van der Waals surface area contributed by atoms with Gasteiger partial charge in [0, 0.05) is 28.4 Å². The van der Waals surface area contributed by atoms with E-state index in [2.05, 4.69) is 10.3 Å². The first kappa shape index (κ1) is 18.6. The second-order valence-corrected chi connectivity index (χ2v) is 7.37. The predicted octanol–water partition coefficient (Wildman–Crippen LogP) is 3.12. The van der Waals surface area contributed by atoms with Gasteiger partial charge in [-0.1, -0.05) is 12.1 Å². The van der Waals surface area contributed by atoms with Crippen LogP contribution in [-0.2, 0) is 5.54 Å². The van der Waals surface area contributed by atoms with Crippen molar-refractivity contribution < 1.29 is 13.9 Å². The minimum Gasteiger partial charge on any atom is -0.618 e. The van der Waals surface area contributed by atoms with Crippen molar-refractivity contribution in [3.63, 3.8) is 0 Å². The molecule has 2 aromatic heterocycles. The van der Waals surface area contributed by atoms with E-state index in [-0.39, 0.29) is 16.4 Å². The first-order valence-electron chi connectivity index (χ1n) is 9.03. The van der Waals surface area contributed by atoms with E-state index in [9.17, 15) is 19.2 Å². The van der Waals surface area contributed by atoms with Crippen molar-refractivity contribution in [2.45, 2.75) is 19.4 Å². The fourth-order valence-electron chi connectivity index (χ4n) is 3.45. The fraction of sp³-hybridized carbons (Fsp3) is 0.136. The van der Waals surface area contributed by atoms with Gasteiger partial charge in [-0.05, 0) is 44.2 Å². The van der Waals surface area contributed by atoms with Gasteiger partial charge in [0.25, 0.3) is 5.91 Å². The molecule has 4 aromatic rings. The second kappa shape index (κ2) is 6.70. The van der Waals surface area contributed by atoms with Crippen molar-refractivity contribution in [1.29, 1.82) is 0 Å². The van der Waals surface area contributed by atoms with E-state index in [1.807, 2.05) is 0 Å². The lowest BCUT2D eigenvalue weighted by molar-refractivity contribution is -0.618. The summed E-state index contributed by atoms with van der Waals surface area (Å²) in [5.41, 5.74) is -0.300. The van der Waals surface area contributed by atoms with Gasteiger partial charge in [-0.25, -0.2) is 4.39 Å². The van der Waals surface area contributed by atoms with Crippen LogP contribution in [-0.4, -0.2) is 10.9 Å². The van der Waals surface area contributed by atoms with Gasteiger partial charge in [0.2, 0.25) is 5.69 Å². The number of hydrogen-bond donors (Lipinski definition) is 2. The molecule has 6 nitrogen and oxygen atoms in total. The van der Waals surface area contributed by atoms with Crippen molar-refractivity contribution in [3.8, 4) is 0 Å². The molecule has 2 aromatic carbocycles. The Morgan fingerprint density at radius 1 is 1.07 bits per heavy atom. The molecule has 0 aliphatic carbocycles. The fourth-order valence-corrected chi connectivity index (χ4v) is 3.45. The van der Waals surface area contributed by atoms with Gasteiger partial charge in [0.05, 0.1) is 11.1 Å². The number of nitrogens with one attached hydrogen (secondary N) is 2. The molecule has 2 heterocycles. The minimum absolute atomic E-state index is 0.164. The van der Waals surface area contributed by atoms with Crippen molar-refractivity contribution in [2.75, 3.05) is 0 Å². The molecule has 0 atom stereocenters. The summed E-state index contributed by atoms with van der Waals surface area (Å²) < 4.78 is 15.4. The van der Waals surface area contributed by atoms with Crippen LogP contribution in [0.4, 0.5) is 4.39 Å². The van der Waals surface area contributed by atoms with Crippen LogP contribution in [0.2, 0.25) is 0 Å². The van der Waals surface area contributed by atoms with Gasteiger partial charge in [-0.3, -0.25) is 9.59 Å². The van der Waals surface area contributed by atoms with Crippen LogP contribution in [0, 0.1) is 11.0 Å². The van der Waals surface area contributed by atoms with Gasteiger partial charge in [0.1, 0.15) is 11.4 Å². The third-order valence-electron chi connectivity index (χ3n) is 4.93. The molecule has 29 heavy (non-hydrogen) atoms. The van der Waals surface area contributed by atoms with Gasteiger partial charge >= 0.3 is 0 Å². The number of rotatable bonds is 3. The third-order valence-corrected chi connectivity index (χ3v) is 4.93. The number of amides is 1. The Labute approximate surface area is 165 Å². The summed E-state index contributed by atoms with van der Waals surface area (Å²) in [5.74, 6) is -1.50. The third kappa shape index (κ3) is 3.20. The van der Waals surface area contributed by atoms with Gasteiger partial charge in [0.15, 0.2) is 11.6 Å². The SMILES string of the molecule is CC(C)(NC(=O)c1cc2[nH]c3ccccc3c(=O)c2cc1F)c1cccc[n+]1[O-]. The molecule has 2 N–H and O–H groups in total. The molecular formula is C22H18FN3O3. The van der Waals surface area contributed by atoms with Crippen molar-refractivity contribution >= 4 is 27.7 Å². The molecule has 0 fully saturated rings. The molecule has 0 bridgehead atoms. The van der Waals surface area contributed by atoms with E-state index in [0.717, 1.165) is 6.07 Å². The average Bonchev–Trinajstić information content (AvgIpc) is 2.68. The topological polar surface area (TPSA) is 88.9 Å².